The Balaban J connectivity index is 1.84. The lowest BCUT2D eigenvalue weighted by Crippen LogP contribution is -2.55. The number of fused-ring (bicyclic) bond motifs is 3. The third-order valence-corrected chi connectivity index (χ3v) is 7.45. The molecule has 1 heterocycles. The van der Waals surface area contributed by atoms with Crippen LogP contribution in [0.3, 0.4) is 0 Å². The number of methoxy groups -OCH3 is 2. The van der Waals surface area contributed by atoms with Crippen molar-refractivity contribution in [2.24, 2.45) is 0 Å². The third kappa shape index (κ3) is 2.99. The van der Waals surface area contributed by atoms with Crippen molar-refractivity contribution in [2.45, 2.75) is 29.6 Å². The van der Waals surface area contributed by atoms with Crippen LogP contribution >= 0.6 is 15.9 Å². The maximum absolute atomic E-state index is 12.7. The third-order valence-electron chi connectivity index (χ3n) is 6.92. The fourth-order valence-electron chi connectivity index (χ4n) is 5.58. The Morgan fingerprint density at radius 1 is 1.09 bits per heavy atom. The van der Waals surface area contributed by atoms with Gasteiger partial charge in [-0.25, -0.2) is 0 Å². The number of rotatable bonds is 6. The average molecular weight is 510 g/mol. The highest BCUT2D eigenvalue weighted by Crippen LogP contribution is 2.68. The first kappa shape index (κ1) is 21.8. The number of hydrogen-bond donors (Lipinski definition) is 2. The quantitative estimate of drug-likeness (QED) is 0.486. The molecule has 3 aromatic carbocycles. The fourth-order valence-corrected chi connectivity index (χ4v) is 5.85. The van der Waals surface area contributed by atoms with Crippen LogP contribution in [0.2, 0.25) is 0 Å². The number of ether oxygens (including phenoxy) is 3. The molecule has 170 valence electrons. The van der Waals surface area contributed by atoms with Crippen molar-refractivity contribution in [2.75, 3.05) is 14.2 Å². The second-order valence-corrected chi connectivity index (χ2v) is 9.27. The monoisotopic (exact) mass is 509 g/mol. The van der Waals surface area contributed by atoms with Crippen LogP contribution in [0.4, 0.5) is 0 Å². The largest absolute Gasteiger partial charge is 0.496 e. The second kappa shape index (κ2) is 8.08. The summed E-state index contributed by atoms with van der Waals surface area (Å²) in [5, 5.41) is 15.6. The lowest BCUT2D eigenvalue weighted by atomic mass is 9.71. The maximum Gasteiger partial charge on any atom is 0.207 e. The Morgan fingerprint density at radius 2 is 1.82 bits per heavy atom. The number of carbonyl (C=O) groups is 1. The molecule has 1 aliphatic carbocycles. The van der Waals surface area contributed by atoms with Crippen molar-refractivity contribution >= 4 is 22.3 Å². The van der Waals surface area contributed by atoms with Crippen LogP contribution < -0.4 is 19.5 Å². The zero-order valence-corrected chi connectivity index (χ0v) is 19.8. The number of aliphatic hydroxyl groups is 1. The van der Waals surface area contributed by atoms with E-state index in [1.165, 1.54) is 0 Å². The van der Waals surface area contributed by atoms with Gasteiger partial charge in [-0.05, 0) is 29.7 Å². The number of carbonyl (C=O) groups excluding carboxylic acids is 1. The molecule has 0 radical (unpaired) electrons. The van der Waals surface area contributed by atoms with E-state index in [0.29, 0.717) is 35.6 Å². The van der Waals surface area contributed by atoms with Crippen LogP contribution in [0.1, 0.15) is 29.0 Å². The van der Waals surface area contributed by atoms with E-state index in [2.05, 4.69) is 21.2 Å². The summed E-state index contributed by atoms with van der Waals surface area (Å²) in [4.78, 5) is 11.7. The maximum atomic E-state index is 12.7. The predicted molar refractivity (Wildman–Crippen MR) is 127 cm³/mol. The Labute approximate surface area is 200 Å². The molecule has 1 aliphatic heterocycles. The van der Waals surface area contributed by atoms with Gasteiger partial charge in [0.15, 0.2) is 11.2 Å². The van der Waals surface area contributed by atoms with Crippen LogP contribution in [0.15, 0.2) is 71.2 Å². The summed E-state index contributed by atoms with van der Waals surface area (Å²) in [7, 11) is 3.11. The molecule has 0 spiro atoms. The van der Waals surface area contributed by atoms with Gasteiger partial charge in [0, 0.05) is 22.5 Å². The Bertz CT molecular complexity index is 1190. The zero-order valence-electron chi connectivity index (χ0n) is 18.2. The van der Waals surface area contributed by atoms with Crippen molar-refractivity contribution < 1.29 is 24.1 Å². The standard InChI is InChI=1S/C26H24BrNO5/c1-31-19-12-21(32-2)24-22(13-19)33-26(17-8-10-18(27)11-9-17)20(16-6-4-3-5-7-16)14-23(28-15-29)25(24,26)30/h3-13,15,20,23,30H,14H2,1-2H3,(H,28,29)/t20-,23-,25+,26-/m0/s1. The van der Waals surface area contributed by atoms with Gasteiger partial charge in [0.05, 0.1) is 25.8 Å². The van der Waals surface area contributed by atoms with E-state index in [0.717, 1.165) is 15.6 Å². The highest BCUT2D eigenvalue weighted by atomic mass is 79.9. The summed E-state index contributed by atoms with van der Waals surface area (Å²) in [6.07, 6.45) is 1.11. The number of benzene rings is 3. The first-order chi connectivity index (χ1) is 16.0. The highest BCUT2D eigenvalue weighted by molar-refractivity contribution is 9.10. The van der Waals surface area contributed by atoms with Crippen molar-refractivity contribution in [3.05, 3.63) is 87.9 Å². The molecule has 0 aromatic heterocycles. The van der Waals surface area contributed by atoms with Crippen molar-refractivity contribution in [1.82, 2.24) is 5.32 Å². The predicted octanol–water partition coefficient (Wildman–Crippen LogP) is 4.24. The number of halogens is 1. The van der Waals surface area contributed by atoms with E-state index in [9.17, 15) is 9.90 Å². The van der Waals surface area contributed by atoms with Gasteiger partial charge in [-0.1, -0.05) is 58.4 Å². The van der Waals surface area contributed by atoms with Gasteiger partial charge in [0.25, 0.3) is 0 Å². The van der Waals surface area contributed by atoms with E-state index in [4.69, 9.17) is 14.2 Å². The molecule has 0 saturated heterocycles. The van der Waals surface area contributed by atoms with Crippen molar-refractivity contribution in [3.8, 4) is 17.2 Å². The highest BCUT2D eigenvalue weighted by Gasteiger charge is 2.73. The summed E-state index contributed by atoms with van der Waals surface area (Å²) in [5.41, 5.74) is -0.499. The zero-order chi connectivity index (χ0) is 23.2. The Morgan fingerprint density at radius 3 is 2.45 bits per heavy atom. The molecule has 2 aliphatic rings. The van der Waals surface area contributed by atoms with Crippen LogP contribution in [-0.2, 0) is 16.0 Å². The molecule has 1 amide bonds. The van der Waals surface area contributed by atoms with Crippen LogP contribution in [0, 0.1) is 0 Å². The number of amides is 1. The minimum atomic E-state index is -1.60. The van der Waals surface area contributed by atoms with E-state index >= 15 is 0 Å². The molecule has 1 saturated carbocycles. The van der Waals surface area contributed by atoms with Gasteiger partial charge >= 0.3 is 0 Å². The van der Waals surface area contributed by atoms with Gasteiger partial charge < -0.3 is 24.6 Å². The fraction of sp³-hybridized carbons (Fsp3) is 0.269. The summed E-state index contributed by atoms with van der Waals surface area (Å²) in [5.74, 6) is 1.20. The average Bonchev–Trinajstić information content (AvgIpc) is 3.25. The first-order valence-electron chi connectivity index (χ1n) is 10.7. The second-order valence-electron chi connectivity index (χ2n) is 8.35. The summed E-state index contributed by atoms with van der Waals surface area (Å²) < 4.78 is 18.9. The molecule has 6 nitrogen and oxygen atoms in total. The number of hydrogen-bond acceptors (Lipinski definition) is 5. The number of nitrogens with one attached hydrogen (secondary N) is 1. The summed E-state index contributed by atoms with van der Waals surface area (Å²) in [6, 6.07) is 20.6. The molecule has 33 heavy (non-hydrogen) atoms. The molecule has 2 N–H and O–H groups in total. The molecule has 3 aromatic rings. The molecule has 0 bridgehead atoms. The SMILES string of the molecule is COc1cc(OC)c2c(c1)O[C@@]1(c3ccc(Br)cc3)[C@H](c3ccccc3)C[C@H](NC=O)[C@@]21O. The molecule has 7 heteroatoms. The normalized spacial score (nSPS) is 27.3. The van der Waals surface area contributed by atoms with Gasteiger partial charge in [0.1, 0.15) is 17.2 Å². The van der Waals surface area contributed by atoms with Crippen molar-refractivity contribution in [3.63, 3.8) is 0 Å². The van der Waals surface area contributed by atoms with Crippen LogP contribution in [0.5, 0.6) is 17.2 Å². The van der Waals surface area contributed by atoms with Gasteiger partial charge in [-0.15, -0.1) is 0 Å². The molecule has 5 rings (SSSR count). The minimum Gasteiger partial charge on any atom is -0.496 e. The van der Waals surface area contributed by atoms with Gasteiger partial charge in [0.2, 0.25) is 6.41 Å². The molecule has 1 fully saturated rings. The molecule has 4 atom stereocenters. The molecular formula is C26H24BrNO5. The topological polar surface area (TPSA) is 77.0 Å². The molecular weight excluding hydrogens is 486 g/mol. The Kier molecular flexibility index (Phi) is 5.34. The molecule has 0 unspecified atom stereocenters. The Hall–Kier alpha value is -3.03. The van der Waals surface area contributed by atoms with Crippen molar-refractivity contribution in [1.29, 1.82) is 0 Å². The van der Waals surface area contributed by atoms with E-state index in [1.807, 2.05) is 54.6 Å². The van der Waals surface area contributed by atoms with E-state index in [-0.39, 0.29) is 5.92 Å². The lowest BCUT2D eigenvalue weighted by molar-refractivity contribution is -0.126. The summed E-state index contributed by atoms with van der Waals surface area (Å²) >= 11 is 3.51. The summed E-state index contributed by atoms with van der Waals surface area (Å²) in [6.45, 7) is 0. The van der Waals surface area contributed by atoms with E-state index in [1.54, 1.807) is 26.4 Å². The minimum absolute atomic E-state index is 0.259. The lowest BCUT2D eigenvalue weighted by Gasteiger charge is -2.41. The van der Waals surface area contributed by atoms with Gasteiger partial charge in [-0.2, -0.15) is 0 Å². The van der Waals surface area contributed by atoms with Crippen LogP contribution in [0.25, 0.3) is 0 Å². The smallest absolute Gasteiger partial charge is 0.207 e. The van der Waals surface area contributed by atoms with Gasteiger partial charge in [-0.3, -0.25) is 4.79 Å². The first-order valence-corrected chi connectivity index (χ1v) is 11.5. The van der Waals surface area contributed by atoms with E-state index < -0.39 is 17.2 Å². The van der Waals surface area contributed by atoms with Crippen LogP contribution in [-0.4, -0.2) is 31.8 Å².